The van der Waals surface area contributed by atoms with Gasteiger partial charge in [0.2, 0.25) is 11.7 Å². The van der Waals surface area contributed by atoms with E-state index in [9.17, 15) is 9.59 Å². The van der Waals surface area contributed by atoms with Crippen LogP contribution in [0.15, 0.2) is 47.9 Å². The number of anilines is 1. The summed E-state index contributed by atoms with van der Waals surface area (Å²) < 4.78 is 21.2. The van der Waals surface area contributed by atoms with Crippen LogP contribution in [-0.4, -0.2) is 39.8 Å². The van der Waals surface area contributed by atoms with Gasteiger partial charge in [-0.25, -0.2) is 4.79 Å². The lowest BCUT2D eigenvalue weighted by Gasteiger charge is -2.12. The molecule has 0 saturated heterocycles. The minimum atomic E-state index is -0.516. The van der Waals surface area contributed by atoms with E-state index in [-0.39, 0.29) is 6.61 Å². The second-order valence-corrected chi connectivity index (χ2v) is 8.18. The van der Waals surface area contributed by atoms with E-state index in [1.807, 2.05) is 12.1 Å². The molecule has 178 valence electrons. The highest BCUT2D eigenvalue weighted by Gasteiger charge is 2.22. The fourth-order valence-electron chi connectivity index (χ4n) is 3.22. The molecule has 0 radical (unpaired) electrons. The van der Waals surface area contributed by atoms with Crippen molar-refractivity contribution in [3.63, 3.8) is 0 Å². The fourth-order valence-corrected chi connectivity index (χ4v) is 4.31. The molecule has 0 bridgehead atoms. The minimum absolute atomic E-state index is 0.211. The van der Waals surface area contributed by atoms with E-state index in [1.54, 1.807) is 42.6 Å². The summed E-state index contributed by atoms with van der Waals surface area (Å²) in [5, 5.41) is 5.56. The van der Waals surface area contributed by atoms with E-state index in [4.69, 9.17) is 30.5 Å². The van der Waals surface area contributed by atoms with Gasteiger partial charge in [0.05, 0.1) is 27.9 Å². The van der Waals surface area contributed by atoms with Crippen molar-refractivity contribution in [2.45, 2.75) is 6.92 Å². The number of ether oxygens (including phenoxy) is 4. The van der Waals surface area contributed by atoms with Gasteiger partial charge in [0.25, 0.3) is 0 Å². The Morgan fingerprint density at radius 1 is 1.03 bits per heavy atom. The molecule has 0 saturated carbocycles. The van der Waals surface area contributed by atoms with Crippen molar-refractivity contribution >= 4 is 45.9 Å². The second-order valence-electron chi connectivity index (χ2n) is 6.86. The Bertz CT molecular complexity index is 1180. The van der Waals surface area contributed by atoms with Crippen molar-refractivity contribution in [1.82, 2.24) is 0 Å². The molecule has 34 heavy (non-hydrogen) atoms. The third-order valence-electron chi connectivity index (χ3n) is 4.78. The normalized spacial score (nSPS) is 10.7. The predicted molar refractivity (Wildman–Crippen MR) is 134 cm³/mol. The van der Waals surface area contributed by atoms with Crippen LogP contribution >= 0.6 is 22.9 Å². The van der Waals surface area contributed by atoms with E-state index >= 15 is 0 Å². The van der Waals surface area contributed by atoms with E-state index in [1.165, 1.54) is 38.7 Å². The Labute approximate surface area is 206 Å². The molecule has 0 aliphatic carbocycles. The zero-order valence-electron chi connectivity index (χ0n) is 19.1. The first kappa shape index (κ1) is 25.1. The maximum atomic E-state index is 12.7. The lowest BCUT2D eigenvalue weighted by atomic mass is 10.0. The Balaban J connectivity index is 1.88. The fraction of sp³-hybridized carbons (Fsp3) is 0.200. The average Bonchev–Trinajstić information content (AvgIpc) is 3.25. The molecule has 1 aromatic heterocycles. The third-order valence-corrected chi connectivity index (χ3v) is 5.92. The Morgan fingerprint density at radius 2 is 1.68 bits per heavy atom. The van der Waals surface area contributed by atoms with Gasteiger partial charge in [-0.1, -0.05) is 23.7 Å². The quantitative estimate of drug-likeness (QED) is 0.289. The standard InChI is InChI=1S/C25H24ClNO6S/c1-5-33-25(29)22-18(16-7-9-17(26)10-8-16)14-34-24(22)27-21(28)11-6-15-12-19(30-2)23(32-4)20(13-15)31-3/h6-14H,5H2,1-4H3,(H,27,28). The van der Waals surface area contributed by atoms with E-state index < -0.39 is 11.9 Å². The highest BCUT2D eigenvalue weighted by molar-refractivity contribution is 7.15. The highest BCUT2D eigenvalue weighted by atomic mass is 35.5. The van der Waals surface area contributed by atoms with Crippen molar-refractivity contribution in [2.24, 2.45) is 0 Å². The van der Waals surface area contributed by atoms with Crippen molar-refractivity contribution in [3.05, 3.63) is 64.0 Å². The summed E-state index contributed by atoms with van der Waals surface area (Å²) in [6.45, 7) is 1.94. The van der Waals surface area contributed by atoms with Gasteiger partial charge in [-0.05, 0) is 48.4 Å². The van der Waals surface area contributed by atoms with Gasteiger partial charge in [0.1, 0.15) is 10.6 Å². The number of hydrogen-bond acceptors (Lipinski definition) is 7. The van der Waals surface area contributed by atoms with E-state index in [0.717, 1.165) is 5.56 Å². The van der Waals surface area contributed by atoms with Crippen LogP contribution in [0.2, 0.25) is 5.02 Å². The number of halogens is 1. The molecule has 0 fully saturated rings. The third kappa shape index (κ3) is 5.70. The average molecular weight is 502 g/mol. The molecular weight excluding hydrogens is 478 g/mol. The van der Waals surface area contributed by atoms with Crippen molar-refractivity contribution in [2.75, 3.05) is 33.3 Å². The molecule has 1 amide bonds. The summed E-state index contributed by atoms with van der Waals surface area (Å²) in [5.41, 5.74) is 2.41. The number of benzene rings is 2. The molecule has 0 aliphatic rings. The summed E-state index contributed by atoms with van der Waals surface area (Å²) in [6, 6.07) is 10.5. The lowest BCUT2D eigenvalue weighted by Crippen LogP contribution is -2.12. The second kappa shape index (κ2) is 11.6. The number of carbonyl (C=O) groups is 2. The molecule has 3 aromatic rings. The molecule has 9 heteroatoms. The Morgan fingerprint density at radius 3 is 2.24 bits per heavy atom. The van der Waals surface area contributed by atoms with Crippen molar-refractivity contribution in [3.8, 4) is 28.4 Å². The van der Waals surface area contributed by atoms with E-state index in [0.29, 0.717) is 44.0 Å². The minimum Gasteiger partial charge on any atom is -0.493 e. The monoisotopic (exact) mass is 501 g/mol. The molecule has 0 unspecified atom stereocenters. The van der Waals surface area contributed by atoms with Gasteiger partial charge in [0.15, 0.2) is 11.5 Å². The first-order chi connectivity index (χ1) is 16.4. The largest absolute Gasteiger partial charge is 0.493 e. The zero-order chi connectivity index (χ0) is 24.7. The Kier molecular flexibility index (Phi) is 8.56. The Hall–Kier alpha value is -3.49. The molecule has 0 spiro atoms. The van der Waals surface area contributed by atoms with Crippen molar-refractivity contribution < 1.29 is 28.5 Å². The van der Waals surface area contributed by atoms with Gasteiger partial charge in [0, 0.05) is 22.0 Å². The summed E-state index contributed by atoms with van der Waals surface area (Å²) >= 11 is 7.23. The molecule has 7 nitrogen and oxygen atoms in total. The van der Waals surface area contributed by atoms with Crippen molar-refractivity contribution in [1.29, 1.82) is 0 Å². The first-order valence-electron chi connectivity index (χ1n) is 10.2. The predicted octanol–water partition coefficient (Wildman–Crippen LogP) is 5.92. The number of thiophene rings is 1. The number of hydrogen-bond donors (Lipinski definition) is 1. The van der Waals surface area contributed by atoms with Gasteiger partial charge >= 0.3 is 5.97 Å². The molecule has 2 aromatic carbocycles. The molecule has 0 aliphatic heterocycles. The molecule has 3 rings (SSSR count). The zero-order valence-corrected chi connectivity index (χ0v) is 20.7. The van der Waals surface area contributed by atoms with Crippen LogP contribution in [0.1, 0.15) is 22.8 Å². The summed E-state index contributed by atoms with van der Waals surface area (Å²) in [6.07, 6.45) is 2.97. The van der Waals surface area contributed by atoms with Crippen LogP contribution < -0.4 is 19.5 Å². The van der Waals surface area contributed by atoms with Gasteiger partial charge in [-0.15, -0.1) is 11.3 Å². The van der Waals surface area contributed by atoms with Gasteiger partial charge < -0.3 is 24.3 Å². The van der Waals surface area contributed by atoms with Gasteiger partial charge in [-0.2, -0.15) is 0 Å². The molecule has 1 heterocycles. The number of nitrogens with one attached hydrogen (secondary N) is 1. The summed E-state index contributed by atoms with van der Waals surface area (Å²) in [4.78, 5) is 25.4. The number of rotatable bonds is 9. The maximum Gasteiger partial charge on any atom is 0.341 e. The summed E-state index contributed by atoms with van der Waals surface area (Å²) in [7, 11) is 4.55. The number of amides is 1. The topological polar surface area (TPSA) is 83.1 Å². The van der Waals surface area contributed by atoms with Crippen LogP contribution in [0, 0.1) is 0 Å². The lowest BCUT2D eigenvalue weighted by molar-refractivity contribution is -0.111. The number of methoxy groups -OCH3 is 3. The number of carbonyl (C=O) groups excluding carboxylic acids is 2. The van der Waals surface area contributed by atoms with E-state index in [2.05, 4.69) is 5.32 Å². The van der Waals surface area contributed by atoms with Crippen LogP contribution in [-0.2, 0) is 9.53 Å². The highest BCUT2D eigenvalue weighted by Crippen LogP contribution is 2.39. The van der Waals surface area contributed by atoms with Gasteiger partial charge in [-0.3, -0.25) is 4.79 Å². The van der Waals surface area contributed by atoms with Crippen LogP contribution in [0.25, 0.3) is 17.2 Å². The maximum absolute atomic E-state index is 12.7. The van der Waals surface area contributed by atoms with Crippen LogP contribution in [0.4, 0.5) is 5.00 Å². The molecule has 0 atom stereocenters. The number of esters is 1. The SMILES string of the molecule is CCOC(=O)c1c(-c2ccc(Cl)cc2)csc1NC(=O)C=Cc1cc(OC)c(OC)c(OC)c1. The molecule has 1 N–H and O–H groups in total. The van der Waals surface area contributed by atoms with Crippen LogP contribution in [0.5, 0.6) is 17.2 Å². The smallest absolute Gasteiger partial charge is 0.341 e. The van der Waals surface area contributed by atoms with Crippen LogP contribution in [0.3, 0.4) is 0 Å². The first-order valence-corrected chi connectivity index (χ1v) is 11.5. The summed E-state index contributed by atoms with van der Waals surface area (Å²) in [5.74, 6) is 0.468. The molecular formula is C25H24ClNO6S.